The summed E-state index contributed by atoms with van der Waals surface area (Å²) in [6, 6.07) is 9.61. The molecule has 0 heterocycles. The molecule has 4 nitrogen and oxygen atoms in total. The number of hydrogen-bond donors (Lipinski definition) is 1. The molecule has 0 fully saturated rings. The van der Waals surface area contributed by atoms with Crippen molar-refractivity contribution in [3.8, 4) is 0 Å². The van der Waals surface area contributed by atoms with E-state index in [-0.39, 0.29) is 6.42 Å². The van der Waals surface area contributed by atoms with E-state index in [1.807, 2.05) is 24.3 Å². The summed E-state index contributed by atoms with van der Waals surface area (Å²) in [6.45, 7) is 0. The maximum Gasteiger partial charge on any atom is 0.328 e. The van der Waals surface area contributed by atoms with E-state index in [1.54, 1.807) is 0 Å². The molecule has 0 bridgehead atoms. The van der Waals surface area contributed by atoms with Crippen LogP contribution in [0.15, 0.2) is 42.5 Å². The van der Waals surface area contributed by atoms with E-state index >= 15 is 0 Å². The minimum absolute atomic E-state index is 0.173. The zero-order valence-corrected chi connectivity index (χ0v) is 14.8. The van der Waals surface area contributed by atoms with Crippen molar-refractivity contribution in [1.29, 1.82) is 0 Å². The Kier molecular flexibility index (Phi) is 6.24. The number of methoxy groups -OCH3 is 1. The number of hydrogen-bond acceptors (Lipinski definition) is 3. The van der Waals surface area contributed by atoms with Crippen LogP contribution in [0.2, 0.25) is 0 Å². The molecule has 2 aromatic rings. The van der Waals surface area contributed by atoms with Gasteiger partial charge in [0, 0.05) is 9.99 Å². The van der Waals surface area contributed by atoms with Gasteiger partial charge in [-0.05, 0) is 52.4 Å². The van der Waals surface area contributed by atoms with Gasteiger partial charge < -0.3 is 10.1 Å². The Morgan fingerprint density at radius 2 is 1.83 bits per heavy atom. The Morgan fingerprint density at radius 1 is 1.17 bits per heavy atom. The molecule has 1 atom stereocenters. The van der Waals surface area contributed by atoms with Crippen LogP contribution in [0.25, 0.3) is 0 Å². The van der Waals surface area contributed by atoms with Crippen LogP contribution in [-0.2, 0) is 16.0 Å². The summed E-state index contributed by atoms with van der Waals surface area (Å²) in [6.07, 6.45) is 0.173. The van der Waals surface area contributed by atoms with Crippen LogP contribution >= 0.6 is 22.6 Å². The number of rotatable bonds is 5. The van der Waals surface area contributed by atoms with Crippen LogP contribution in [0.4, 0.5) is 8.78 Å². The van der Waals surface area contributed by atoms with E-state index in [9.17, 15) is 18.4 Å². The van der Waals surface area contributed by atoms with Gasteiger partial charge in [0.2, 0.25) is 0 Å². The van der Waals surface area contributed by atoms with Crippen molar-refractivity contribution in [3.05, 3.63) is 68.8 Å². The molecule has 1 N–H and O–H groups in total. The summed E-state index contributed by atoms with van der Waals surface area (Å²) in [5.41, 5.74) is 0.331. The van der Waals surface area contributed by atoms with Crippen LogP contribution in [-0.4, -0.2) is 25.0 Å². The highest BCUT2D eigenvalue weighted by atomic mass is 127. The molecule has 1 amide bonds. The number of carbonyl (C=O) groups is 2. The summed E-state index contributed by atoms with van der Waals surface area (Å²) in [5, 5.41) is 2.39. The number of esters is 1. The minimum Gasteiger partial charge on any atom is -0.467 e. The average molecular weight is 445 g/mol. The summed E-state index contributed by atoms with van der Waals surface area (Å²) in [7, 11) is 1.19. The smallest absolute Gasteiger partial charge is 0.328 e. The van der Waals surface area contributed by atoms with E-state index in [4.69, 9.17) is 0 Å². The van der Waals surface area contributed by atoms with Crippen LogP contribution < -0.4 is 5.32 Å². The average Bonchev–Trinajstić information content (AvgIpc) is 2.57. The molecule has 24 heavy (non-hydrogen) atoms. The molecule has 0 aliphatic rings. The van der Waals surface area contributed by atoms with Gasteiger partial charge in [-0.15, -0.1) is 0 Å². The molecule has 0 spiro atoms. The third-order valence-electron chi connectivity index (χ3n) is 3.34. The van der Waals surface area contributed by atoms with Gasteiger partial charge in [-0.2, -0.15) is 0 Å². The lowest BCUT2D eigenvalue weighted by molar-refractivity contribution is -0.142. The zero-order chi connectivity index (χ0) is 17.7. The first-order chi connectivity index (χ1) is 11.4. The third-order valence-corrected chi connectivity index (χ3v) is 4.06. The van der Waals surface area contributed by atoms with E-state index in [0.717, 1.165) is 21.3 Å². The normalized spacial score (nSPS) is 11.7. The summed E-state index contributed by atoms with van der Waals surface area (Å²) in [5.74, 6) is -3.94. The van der Waals surface area contributed by atoms with Gasteiger partial charge in [0.05, 0.1) is 12.7 Å². The fourth-order valence-corrected chi connectivity index (χ4v) is 2.47. The summed E-state index contributed by atoms with van der Waals surface area (Å²) >= 11 is 2.15. The second-order valence-electron chi connectivity index (χ2n) is 4.98. The molecule has 0 aliphatic heterocycles. The molecule has 0 unspecified atom stereocenters. The van der Waals surface area contributed by atoms with E-state index in [1.165, 1.54) is 13.2 Å². The van der Waals surface area contributed by atoms with Gasteiger partial charge in [-0.1, -0.05) is 18.2 Å². The van der Waals surface area contributed by atoms with Gasteiger partial charge in [-0.3, -0.25) is 4.79 Å². The number of carbonyl (C=O) groups excluding carboxylic acids is 2. The summed E-state index contributed by atoms with van der Waals surface area (Å²) < 4.78 is 32.6. The molecule has 0 radical (unpaired) electrons. The number of benzene rings is 2. The second kappa shape index (κ2) is 8.18. The van der Waals surface area contributed by atoms with Crippen LogP contribution in [0.5, 0.6) is 0 Å². The Labute approximate surface area is 151 Å². The topological polar surface area (TPSA) is 55.4 Å². The second-order valence-corrected chi connectivity index (χ2v) is 6.23. The highest BCUT2D eigenvalue weighted by Crippen LogP contribution is 2.13. The Balaban J connectivity index is 2.19. The molecular formula is C17H14F2INO3. The van der Waals surface area contributed by atoms with Gasteiger partial charge >= 0.3 is 5.97 Å². The quantitative estimate of drug-likeness (QED) is 0.569. The van der Waals surface area contributed by atoms with Crippen molar-refractivity contribution in [2.45, 2.75) is 12.5 Å². The Morgan fingerprint density at radius 3 is 2.46 bits per heavy atom. The van der Waals surface area contributed by atoms with Crippen molar-refractivity contribution in [1.82, 2.24) is 5.32 Å². The van der Waals surface area contributed by atoms with E-state index < -0.39 is 35.1 Å². The van der Waals surface area contributed by atoms with E-state index in [0.29, 0.717) is 0 Å². The van der Waals surface area contributed by atoms with Gasteiger partial charge in [0.1, 0.15) is 6.04 Å². The van der Waals surface area contributed by atoms with Crippen LogP contribution in [0.1, 0.15) is 15.9 Å². The van der Waals surface area contributed by atoms with Crippen LogP contribution in [0, 0.1) is 15.2 Å². The number of nitrogens with one attached hydrogen (secondary N) is 1. The molecule has 7 heteroatoms. The molecule has 0 saturated heterocycles. The van der Waals surface area contributed by atoms with Gasteiger partial charge in [0.25, 0.3) is 5.91 Å². The largest absolute Gasteiger partial charge is 0.467 e. The molecule has 0 aromatic heterocycles. The predicted molar refractivity (Wildman–Crippen MR) is 92.5 cm³/mol. The van der Waals surface area contributed by atoms with Crippen molar-refractivity contribution in [2.75, 3.05) is 7.11 Å². The maximum atomic E-state index is 13.7. The minimum atomic E-state index is -1.26. The lowest BCUT2D eigenvalue weighted by Crippen LogP contribution is -2.43. The third kappa shape index (κ3) is 4.50. The fraction of sp³-hybridized carbons (Fsp3) is 0.176. The van der Waals surface area contributed by atoms with Gasteiger partial charge in [-0.25, -0.2) is 13.6 Å². The first-order valence-electron chi connectivity index (χ1n) is 6.99. The molecule has 0 saturated carbocycles. The fourth-order valence-electron chi connectivity index (χ4n) is 2.11. The predicted octanol–water partition coefficient (Wildman–Crippen LogP) is 3.08. The van der Waals surface area contributed by atoms with Crippen LogP contribution in [0.3, 0.4) is 0 Å². The highest BCUT2D eigenvalue weighted by Gasteiger charge is 2.24. The molecule has 2 rings (SSSR count). The Bertz CT molecular complexity index is 750. The van der Waals surface area contributed by atoms with E-state index in [2.05, 4.69) is 32.6 Å². The number of ether oxygens (including phenoxy) is 1. The first kappa shape index (κ1) is 18.3. The molecular weight excluding hydrogens is 431 g/mol. The Hall–Kier alpha value is -2.03. The standard InChI is InChI=1S/C17H14F2INO3/c1-24-17(23)14(9-10-5-7-11(20)8-6-10)21-16(22)12-3-2-4-13(18)15(12)19/h2-8,14H,9H2,1H3,(H,21,22)/t14-/m0/s1. The van der Waals surface area contributed by atoms with Crippen molar-refractivity contribution in [3.63, 3.8) is 0 Å². The first-order valence-corrected chi connectivity index (χ1v) is 8.07. The van der Waals surface area contributed by atoms with Crippen molar-refractivity contribution < 1.29 is 23.1 Å². The van der Waals surface area contributed by atoms with Crippen molar-refractivity contribution >= 4 is 34.5 Å². The number of halogens is 3. The molecule has 2 aromatic carbocycles. The highest BCUT2D eigenvalue weighted by molar-refractivity contribution is 14.1. The SMILES string of the molecule is COC(=O)[C@H](Cc1ccc(I)cc1)NC(=O)c1cccc(F)c1F. The maximum absolute atomic E-state index is 13.7. The molecule has 126 valence electrons. The monoisotopic (exact) mass is 445 g/mol. The van der Waals surface area contributed by atoms with Gasteiger partial charge in [0.15, 0.2) is 11.6 Å². The lowest BCUT2D eigenvalue weighted by Gasteiger charge is -2.17. The number of amides is 1. The lowest BCUT2D eigenvalue weighted by atomic mass is 10.1. The van der Waals surface area contributed by atoms with Crippen molar-refractivity contribution in [2.24, 2.45) is 0 Å². The summed E-state index contributed by atoms with van der Waals surface area (Å²) in [4.78, 5) is 24.1. The zero-order valence-electron chi connectivity index (χ0n) is 12.7. The molecule has 0 aliphatic carbocycles.